The number of aryl methyl sites for hydroxylation is 1. The number of ketones is 1. The van der Waals surface area contributed by atoms with Crippen LogP contribution in [0.15, 0.2) is 50.3 Å². The number of carbonyl (C=O) groups is 2. The number of rotatable bonds is 5. The molecule has 1 unspecified atom stereocenters. The number of furan rings is 1. The van der Waals surface area contributed by atoms with Crippen molar-refractivity contribution < 1.29 is 18.7 Å². The Bertz CT molecular complexity index is 1010. The molecule has 1 saturated carbocycles. The highest BCUT2D eigenvalue weighted by atomic mass is 32.1. The van der Waals surface area contributed by atoms with Crippen LogP contribution in [0, 0.1) is 18.8 Å². The van der Waals surface area contributed by atoms with Crippen molar-refractivity contribution in [2.24, 2.45) is 16.8 Å². The second-order valence-corrected chi connectivity index (χ2v) is 9.56. The molecule has 0 saturated heterocycles. The fourth-order valence-electron chi connectivity index (χ4n) is 4.41. The van der Waals surface area contributed by atoms with Crippen molar-refractivity contribution in [3.05, 3.63) is 57.3 Å². The van der Waals surface area contributed by atoms with Gasteiger partial charge in [-0.05, 0) is 49.8 Å². The molecule has 5 nitrogen and oxygen atoms in total. The Morgan fingerprint density at radius 2 is 2.03 bits per heavy atom. The van der Waals surface area contributed by atoms with E-state index in [2.05, 4.69) is 6.07 Å². The van der Waals surface area contributed by atoms with Crippen LogP contribution in [0.2, 0.25) is 0 Å². The summed E-state index contributed by atoms with van der Waals surface area (Å²) in [6.07, 6.45) is 1.17. The van der Waals surface area contributed by atoms with Crippen molar-refractivity contribution in [1.82, 2.24) is 0 Å². The lowest BCUT2D eigenvalue weighted by molar-refractivity contribution is -0.140. The van der Waals surface area contributed by atoms with Crippen LogP contribution in [0.5, 0.6) is 0 Å². The molecule has 0 bridgehead atoms. The van der Waals surface area contributed by atoms with E-state index in [1.807, 2.05) is 51.3 Å². The molecule has 1 aliphatic carbocycles. The van der Waals surface area contributed by atoms with Gasteiger partial charge in [0.2, 0.25) is 0 Å². The molecule has 6 heteroatoms. The third kappa shape index (κ3) is 3.93. The third-order valence-corrected chi connectivity index (χ3v) is 6.77. The van der Waals surface area contributed by atoms with Crippen molar-refractivity contribution in [3.63, 3.8) is 0 Å². The maximum absolute atomic E-state index is 13.4. The summed E-state index contributed by atoms with van der Waals surface area (Å²) in [5.41, 5.74) is 1.91. The highest BCUT2D eigenvalue weighted by molar-refractivity contribution is 7.10. The van der Waals surface area contributed by atoms with Crippen molar-refractivity contribution in [3.8, 4) is 0 Å². The van der Waals surface area contributed by atoms with Gasteiger partial charge in [0.15, 0.2) is 0 Å². The summed E-state index contributed by atoms with van der Waals surface area (Å²) in [5, 5.41) is 2.04. The van der Waals surface area contributed by atoms with Gasteiger partial charge in [-0.1, -0.05) is 19.9 Å². The molecule has 4 rings (SSSR count). The summed E-state index contributed by atoms with van der Waals surface area (Å²) in [7, 11) is 0. The minimum atomic E-state index is -0.484. The van der Waals surface area contributed by atoms with Crippen molar-refractivity contribution in [1.29, 1.82) is 0 Å². The lowest BCUT2D eigenvalue weighted by Crippen LogP contribution is -2.41. The van der Waals surface area contributed by atoms with Crippen LogP contribution in [-0.2, 0) is 14.3 Å². The van der Waals surface area contributed by atoms with Crippen LogP contribution in [0.4, 0.5) is 0 Å². The number of hydrogen-bond acceptors (Lipinski definition) is 6. The molecular weight excluding hydrogens is 398 g/mol. The molecule has 1 aliphatic heterocycles. The standard InChI is InChI=1S/C24H27NO4S/c1-13(2)12-28-24(27)21-15(4)25-17-10-16(20-6-5-9-30-20)11-18(26)22(17)23(21)19-8-7-14(3)29-19/h5-9,13,16,22-23H,10-12H2,1-4H3/t16-,22?,23-/m1/s1. The molecule has 3 atom stereocenters. The van der Waals surface area contributed by atoms with Gasteiger partial charge < -0.3 is 9.15 Å². The van der Waals surface area contributed by atoms with Crippen molar-refractivity contribution in [2.75, 3.05) is 6.61 Å². The van der Waals surface area contributed by atoms with Gasteiger partial charge in [-0.2, -0.15) is 0 Å². The predicted molar refractivity (Wildman–Crippen MR) is 117 cm³/mol. The molecular formula is C24H27NO4S. The number of thiophene rings is 1. The van der Waals surface area contributed by atoms with E-state index in [0.29, 0.717) is 30.1 Å². The first-order chi connectivity index (χ1) is 14.3. The molecule has 30 heavy (non-hydrogen) atoms. The maximum Gasteiger partial charge on any atom is 0.336 e. The zero-order valence-corrected chi connectivity index (χ0v) is 18.6. The fraction of sp³-hybridized carbons (Fsp3) is 0.458. The number of aliphatic imine (C=N–C) groups is 1. The minimum Gasteiger partial charge on any atom is -0.466 e. The number of esters is 1. The Hall–Kier alpha value is -2.47. The lowest BCUT2D eigenvalue weighted by atomic mass is 9.68. The highest BCUT2D eigenvalue weighted by Gasteiger charge is 2.47. The van der Waals surface area contributed by atoms with E-state index >= 15 is 0 Å². The van der Waals surface area contributed by atoms with Gasteiger partial charge in [0.1, 0.15) is 17.3 Å². The topological polar surface area (TPSA) is 68.9 Å². The first kappa shape index (κ1) is 20.8. The molecule has 0 amide bonds. The quantitative estimate of drug-likeness (QED) is 0.600. The van der Waals surface area contributed by atoms with Crippen LogP contribution >= 0.6 is 11.3 Å². The summed E-state index contributed by atoms with van der Waals surface area (Å²) < 4.78 is 11.5. The largest absolute Gasteiger partial charge is 0.466 e. The number of ether oxygens (including phenoxy) is 1. The third-order valence-electron chi connectivity index (χ3n) is 5.74. The molecule has 0 spiro atoms. The highest BCUT2D eigenvalue weighted by Crippen LogP contribution is 2.46. The zero-order chi connectivity index (χ0) is 21.4. The summed E-state index contributed by atoms with van der Waals surface area (Å²) in [4.78, 5) is 32.4. The van der Waals surface area contributed by atoms with Crippen molar-refractivity contribution in [2.45, 2.75) is 52.4 Å². The van der Waals surface area contributed by atoms with Gasteiger partial charge in [0.05, 0.1) is 24.0 Å². The molecule has 158 valence electrons. The van der Waals surface area contributed by atoms with Crippen LogP contribution in [0.1, 0.15) is 61.8 Å². The van der Waals surface area contributed by atoms with Gasteiger partial charge in [-0.25, -0.2) is 4.79 Å². The van der Waals surface area contributed by atoms with Crippen LogP contribution in [-0.4, -0.2) is 24.1 Å². The van der Waals surface area contributed by atoms with E-state index in [4.69, 9.17) is 14.1 Å². The molecule has 1 fully saturated rings. The minimum absolute atomic E-state index is 0.110. The monoisotopic (exact) mass is 425 g/mol. The second-order valence-electron chi connectivity index (χ2n) is 8.59. The summed E-state index contributed by atoms with van der Waals surface area (Å²) in [6.45, 7) is 8.01. The van der Waals surface area contributed by atoms with Gasteiger partial charge >= 0.3 is 5.97 Å². The number of carbonyl (C=O) groups excluding carboxylic acids is 2. The van der Waals surface area contributed by atoms with Gasteiger partial charge in [0.25, 0.3) is 0 Å². The first-order valence-electron chi connectivity index (χ1n) is 10.4. The second kappa shape index (κ2) is 8.34. The Morgan fingerprint density at radius 1 is 1.23 bits per heavy atom. The Labute approximate surface area is 180 Å². The maximum atomic E-state index is 13.4. The Kier molecular flexibility index (Phi) is 5.78. The normalized spacial score (nSPS) is 24.1. The predicted octanol–water partition coefficient (Wildman–Crippen LogP) is 5.42. The van der Waals surface area contributed by atoms with E-state index in [9.17, 15) is 9.59 Å². The number of nitrogens with zero attached hydrogens (tertiary/aromatic N) is 1. The van der Waals surface area contributed by atoms with E-state index in [-0.39, 0.29) is 17.6 Å². The average Bonchev–Trinajstić information content (AvgIpc) is 3.36. The van der Waals surface area contributed by atoms with Crippen LogP contribution in [0.25, 0.3) is 0 Å². The van der Waals surface area contributed by atoms with Gasteiger partial charge in [0, 0.05) is 28.6 Å². The molecule has 2 aliphatic rings. The SMILES string of the molecule is CC1=C(C(=O)OCC(C)C)[C@@H](c2ccc(C)o2)C2C(=O)C[C@H](c3cccs3)CC2=N1. The number of fused-ring (bicyclic) bond motifs is 1. The van der Waals surface area contributed by atoms with Crippen LogP contribution < -0.4 is 0 Å². The molecule has 0 aromatic carbocycles. The van der Waals surface area contributed by atoms with E-state index in [1.54, 1.807) is 11.3 Å². The molecule has 0 N–H and O–H groups in total. The molecule has 3 heterocycles. The van der Waals surface area contributed by atoms with E-state index in [1.165, 1.54) is 4.88 Å². The lowest BCUT2D eigenvalue weighted by Gasteiger charge is -2.36. The Morgan fingerprint density at radius 3 is 2.67 bits per heavy atom. The fourth-order valence-corrected chi connectivity index (χ4v) is 5.25. The van der Waals surface area contributed by atoms with Gasteiger partial charge in [-0.3, -0.25) is 9.79 Å². The number of hydrogen-bond donors (Lipinski definition) is 0. The van der Waals surface area contributed by atoms with E-state index < -0.39 is 17.8 Å². The molecule has 0 radical (unpaired) electrons. The zero-order valence-electron chi connectivity index (χ0n) is 17.8. The number of allylic oxidation sites excluding steroid dienone is 1. The van der Waals surface area contributed by atoms with Crippen molar-refractivity contribution >= 4 is 28.8 Å². The smallest absolute Gasteiger partial charge is 0.336 e. The van der Waals surface area contributed by atoms with Gasteiger partial charge in [-0.15, -0.1) is 11.3 Å². The van der Waals surface area contributed by atoms with E-state index in [0.717, 1.165) is 17.9 Å². The summed E-state index contributed by atoms with van der Waals surface area (Å²) in [6, 6.07) is 7.83. The molecule has 2 aromatic heterocycles. The Balaban J connectivity index is 1.75. The summed E-state index contributed by atoms with van der Waals surface area (Å²) in [5.74, 6) is 0.499. The average molecular weight is 426 g/mol. The first-order valence-corrected chi connectivity index (χ1v) is 11.3. The molecule has 2 aromatic rings. The summed E-state index contributed by atoms with van der Waals surface area (Å²) >= 11 is 1.67. The number of Topliss-reactive ketones (excluding diaryl/α,β-unsaturated/α-hetero) is 1. The van der Waals surface area contributed by atoms with Crippen LogP contribution in [0.3, 0.4) is 0 Å².